The maximum atomic E-state index is 8.88. The van der Waals surface area contributed by atoms with Gasteiger partial charge in [-0.15, -0.1) is 0 Å². The molecule has 9 heavy (non-hydrogen) atoms. The molecule has 0 aromatic heterocycles. The molecule has 0 aromatic rings. The van der Waals surface area contributed by atoms with Gasteiger partial charge in [-0.2, -0.15) is 0 Å². The first kappa shape index (κ1) is 22.4. The van der Waals surface area contributed by atoms with Crippen molar-refractivity contribution in [1.82, 2.24) is 0 Å². The molecule has 0 aromatic carbocycles. The Balaban J connectivity index is -0.0000000154. The van der Waals surface area contributed by atoms with Crippen molar-refractivity contribution >= 4 is 43.7 Å². The number of rotatable bonds is 0. The van der Waals surface area contributed by atoms with Crippen molar-refractivity contribution in [2.75, 3.05) is 0 Å². The van der Waals surface area contributed by atoms with Gasteiger partial charge in [0.05, 0.1) is 0 Å². The molecular weight excluding hydrogens is 215 g/mol. The molecule has 0 heterocycles. The average molecular weight is 223 g/mol. The van der Waals surface area contributed by atoms with Crippen LogP contribution in [0.5, 0.6) is 0 Å². The molecule has 0 amide bonds. The van der Waals surface area contributed by atoms with Gasteiger partial charge in [0.2, 0.25) is 0 Å². The first-order valence-corrected chi connectivity index (χ1v) is 3.85. The standard InChI is InChI=1S/Al.Ga.Li.H3O4P.O.5H/c;;;1-5(2,3)4;;;;;;/h;;;(H3,1,2,3,4);;;;;;/q;;+1;;;;;;;-1. The van der Waals surface area contributed by atoms with Gasteiger partial charge >= 0.3 is 48.8 Å². The summed E-state index contributed by atoms with van der Waals surface area (Å²) in [5, 5.41) is 0. The van der Waals surface area contributed by atoms with Crippen LogP contribution >= 0.6 is 7.82 Å². The second-order valence-electron chi connectivity index (χ2n) is 0.513. The summed E-state index contributed by atoms with van der Waals surface area (Å²) in [6.07, 6.45) is 0. The summed E-state index contributed by atoms with van der Waals surface area (Å²) in [7, 11) is -4.64. The van der Waals surface area contributed by atoms with Crippen LogP contribution in [0.25, 0.3) is 0 Å². The van der Waals surface area contributed by atoms with Crippen LogP contribution in [0.2, 0.25) is 0 Å². The zero-order valence-corrected chi connectivity index (χ0v) is 8.17. The van der Waals surface area contributed by atoms with Crippen LogP contribution in [0.3, 0.4) is 0 Å². The third-order valence-electron chi connectivity index (χ3n) is 0. The fourth-order valence-electron chi connectivity index (χ4n) is 0. The Hall–Kier alpha value is 1.68. The third kappa shape index (κ3) is 203. The van der Waals surface area contributed by atoms with Crippen LogP contribution in [0.1, 0.15) is 1.43 Å². The molecular formula is H8AlGaLiO5P. The fourth-order valence-corrected chi connectivity index (χ4v) is 0. The fraction of sp³-hybridized carbons (Fsp3) is 0. The number of hydrogen-bond acceptors (Lipinski definition) is 2. The van der Waals surface area contributed by atoms with E-state index in [1.54, 1.807) is 0 Å². The van der Waals surface area contributed by atoms with E-state index in [0.29, 0.717) is 0 Å². The van der Waals surface area contributed by atoms with Crippen LogP contribution < -0.4 is 18.9 Å². The average Bonchev–Trinajstić information content (AvgIpc) is 1.36. The number of hydrogen-bond donors (Lipinski definition) is 3. The van der Waals surface area contributed by atoms with Gasteiger partial charge in [-0.1, -0.05) is 0 Å². The molecule has 0 aliphatic rings. The summed E-state index contributed by atoms with van der Waals surface area (Å²) < 4.78 is 17.3. The molecule has 50 valence electrons. The van der Waals surface area contributed by atoms with Gasteiger partial charge in [0.1, 0.15) is 0 Å². The van der Waals surface area contributed by atoms with Crippen LogP contribution in [0.4, 0.5) is 0 Å². The Morgan fingerprint density at radius 1 is 1.22 bits per heavy atom. The van der Waals surface area contributed by atoms with Gasteiger partial charge in [0.25, 0.3) is 0 Å². The quantitative estimate of drug-likeness (QED) is 0.281. The molecule has 0 aliphatic carbocycles. The first-order chi connectivity index (χ1) is 3.00. The van der Waals surface area contributed by atoms with Gasteiger partial charge in [-0.05, 0) is 0 Å². The zero-order chi connectivity index (χ0) is 6.50. The molecule has 3 N–H and O–H groups in total. The van der Waals surface area contributed by atoms with Crippen LogP contribution in [0.15, 0.2) is 0 Å². The monoisotopic (exact) mass is 222 g/mol. The van der Waals surface area contributed by atoms with Gasteiger partial charge in [-0.3, -0.25) is 0 Å². The van der Waals surface area contributed by atoms with E-state index >= 15 is 0 Å². The molecule has 5 nitrogen and oxygen atoms in total. The normalized spacial score (nSPS) is 6.89. The van der Waals surface area contributed by atoms with Crippen LogP contribution in [-0.4, -0.2) is 50.6 Å². The molecule has 0 aliphatic heterocycles. The molecule has 0 rings (SSSR count). The van der Waals surface area contributed by atoms with E-state index in [0.717, 1.165) is 0 Å². The minimum absolute atomic E-state index is 0. The van der Waals surface area contributed by atoms with Crippen molar-refractivity contribution in [1.29, 1.82) is 0 Å². The van der Waals surface area contributed by atoms with Crippen LogP contribution in [0, 0.1) is 0 Å². The summed E-state index contributed by atoms with van der Waals surface area (Å²) in [5.41, 5.74) is 0. The summed E-state index contributed by atoms with van der Waals surface area (Å²) >= 11 is 0.125. The van der Waals surface area contributed by atoms with Crippen molar-refractivity contribution < 1.29 is 43.1 Å². The van der Waals surface area contributed by atoms with Gasteiger partial charge in [-0.25, -0.2) is 4.57 Å². The maximum absolute atomic E-state index is 8.88. The van der Waals surface area contributed by atoms with Gasteiger partial charge in [0, 0.05) is 0 Å². The Labute approximate surface area is 86.4 Å². The molecule has 0 unspecified atom stereocenters. The second kappa shape index (κ2) is 12.4. The van der Waals surface area contributed by atoms with Crippen molar-refractivity contribution in [2.24, 2.45) is 0 Å². The summed E-state index contributed by atoms with van der Waals surface area (Å²) in [4.78, 5) is 21.6. The van der Waals surface area contributed by atoms with E-state index in [1.165, 1.54) is 0 Å². The SMILES string of the molecule is O=P(O)(O)O.[AlH3].[H-].[Li+].[O]=[GaH]. The number of phosphoric acid groups is 1. The minimum atomic E-state index is -4.64. The third-order valence-corrected chi connectivity index (χ3v) is 0. The molecule has 0 saturated heterocycles. The van der Waals surface area contributed by atoms with E-state index < -0.39 is 7.82 Å². The summed E-state index contributed by atoms with van der Waals surface area (Å²) in [6, 6.07) is 0. The van der Waals surface area contributed by atoms with Crippen molar-refractivity contribution in [2.45, 2.75) is 0 Å². The predicted octanol–water partition coefficient (Wildman–Crippen LogP) is -5.76. The molecule has 0 spiro atoms. The molecule has 0 radical (unpaired) electrons. The summed E-state index contributed by atoms with van der Waals surface area (Å²) in [5.74, 6) is 0. The molecule has 0 atom stereocenters. The first-order valence-electron chi connectivity index (χ1n) is 1.07. The Bertz CT molecular complexity index is 77.5. The van der Waals surface area contributed by atoms with Crippen molar-refractivity contribution in [3.63, 3.8) is 0 Å². The van der Waals surface area contributed by atoms with Crippen molar-refractivity contribution in [3.8, 4) is 0 Å². The van der Waals surface area contributed by atoms with Gasteiger partial charge < -0.3 is 16.1 Å². The predicted molar refractivity (Wildman–Crippen MR) is 33.1 cm³/mol. The molecule has 9 heteroatoms. The molecule has 0 saturated carbocycles. The summed E-state index contributed by atoms with van der Waals surface area (Å²) in [6.45, 7) is 0. The Morgan fingerprint density at radius 2 is 1.22 bits per heavy atom. The topological polar surface area (TPSA) is 94.8 Å². The van der Waals surface area contributed by atoms with E-state index in [4.69, 9.17) is 22.8 Å². The van der Waals surface area contributed by atoms with Crippen molar-refractivity contribution in [3.05, 3.63) is 0 Å². The zero-order valence-electron chi connectivity index (χ0n) is 5.31. The van der Waals surface area contributed by atoms with E-state index in [2.05, 4.69) is 0 Å². The van der Waals surface area contributed by atoms with Crippen LogP contribution in [-0.2, 0) is 8.10 Å². The van der Waals surface area contributed by atoms with E-state index in [-0.39, 0.29) is 56.2 Å². The molecule has 0 bridgehead atoms. The van der Waals surface area contributed by atoms with Gasteiger partial charge in [0.15, 0.2) is 17.4 Å². The van der Waals surface area contributed by atoms with E-state index in [9.17, 15) is 0 Å². The molecule has 0 fully saturated rings. The Morgan fingerprint density at radius 3 is 1.22 bits per heavy atom. The van der Waals surface area contributed by atoms with E-state index in [1.807, 2.05) is 0 Å². The Kier molecular flexibility index (Phi) is 30.8. The second-order valence-corrected chi connectivity index (χ2v) is 1.54.